The highest BCUT2D eigenvalue weighted by Crippen LogP contribution is 2.36. The van der Waals surface area contributed by atoms with Crippen LogP contribution in [0.2, 0.25) is 0 Å². The van der Waals surface area contributed by atoms with Gasteiger partial charge in [-0.05, 0) is 37.6 Å². The maximum atomic E-state index is 13.1. The second-order valence-electron chi connectivity index (χ2n) is 6.40. The molecule has 2 aromatic carbocycles. The molecule has 0 fully saturated rings. The van der Waals surface area contributed by atoms with Gasteiger partial charge in [0, 0.05) is 17.1 Å². The van der Waals surface area contributed by atoms with Gasteiger partial charge in [-0.25, -0.2) is 8.42 Å². The fourth-order valence-electron chi connectivity index (χ4n) is 2.95. The van der Waals surface area contributed by atoms with Crippen molar-refractivity contribution in [2.45, 2.75) is 19.9 Å². The Morgan fingerprint density at radius 2 is 1.69 bits per heavy atom. The molecule has 0 saturated heterocycles. The van der Waals surface area contributed by atoms with E-state index in [1.54, 1.807) is 6.92 Å². The quantitative estimate of drug-likeness (QED) is 0.616. The first kappa shape index (κ1) is 23.0. The summed E-state index contributed by atoms with van der Waals surface area (Å²) in [5.74, 6) is 0.253. The van der Waals surface area contributed by atoms with Gasteiger partial charge in [0.05, 0.1) is 37.8 Å². The summed E-state index contributed by atoms with van der Waals surface area (Å²) < 4.78 is 37.3. The molecule has 0 saturated carbocycles. The molecule has 0 spiro atoms. The Kier molecular flexibility index (Phi) is 7.54. The summed E-state index contributed by atoms with van der Waals surface area (Å²) in [4.78, 5) is 13.1. The predicted molar refractivity (Wildman–Crippen MR) is 117 cm³/mol. The minimum atomic E-state index is -3.60. The minimum absolute atomic E-state index is 0.164. The molecule has 0 radical (unpaired) electrons. The summed E-state index contributed by atoms with van der Waals surface area (Å²) in [7, 11) is -0.694. The minimum Gasteiger partial charge on any atom is -0.493 e. The summed E-state index contributed by atoms with van der Waals surface area (Å²) in [5, 5.41) is 2.92. The summed E-state index contributed by atoms with van der Waals surface area (Å²) in [6, 6.07) is 10.3. The smallest absolute Gasteiger partial charge is 0.254 e. The maximum Gasteiger partial charge on any atom is 0.254 e. The van der Waals surface area contributed by atoms with Crippen LogP contribution in [0.5, 0.6) is 11.5 Å². The van der Waals surface area contributed by atoms with Gasteiger partial charge in [0.2, 0.25) is 10.0 Å². The first-order chi connectivity index (χ1) is 13.6. The van der Waals surface area contributed by atoms with Crippen molar-refractivity contribution >= 4 is 37.5 Å². The van der Waals surface area contributed by atoms with Gasteiger partial charge < -0.3 is 14.8 Å². The van der Waals surface area contributed by atoms with Crippen LogP contribution in [-0.2, 0) is 10.0 Å². The van der Waals surface area contributed by atoms with Crippen molar-refractivity contribution < 1.29 is 22.7 Å². The molecule has 1 amide bonds. The van der Waals surface area contributed by atoms with Crippen LogP contribution in [0.1, 0.15) is 35.8 Å². The van der Waals surface area contributed by atoms with E-state index in [1.165, 1.54) is 26.4 Å². The number of carbonyl (C=O) groups excluding carboxylic acids is 1. The summed E-state index contributed by atoms with van der Waals surface area (Å²) in [6.07, 6.45) is 1.10. The van der Waals surface area contributed by atoms with Gasteiger partial charge in [-0.2, -0.15) is 0 Å². The van der Waals surface area contributed by atoms with Crippen LogP contribution in [0, 0.1) is 0 Å². The largest absolute Gasteiger partial charge is 0.493 e. The lowest BCUT2D eigenvalue weighted by atomic mass is 10.1. The first-order valence-electron chi connectivity index (χ1n) is 8.92. The number of ether oxygens (including phenoxy) is 2. The van der Waals surface area contributed by atoms with E-state index in [2.05, 4.69) is 21.2 Å². The molecule has 2 aromatic rings. The van der Waals surface area contributed by atoms with E-state index < -0.39 is 15.9 Å². The molecule has 9 heteroatoms. The molecule has 0 unspecified atom stereocenters. The van der Waals surface area contributed by atoms with Crippen LogP contribution in [0.25, 0.3) is 0 Å². The lowest BCUT2D eigenvalue weighted by Crippen LogP contribution is -2.33. The SMILES string of the molecule is CCN(c1cc(OC)c(OC)cc1C(=O)N[C@H](C)c1ccc(Br)cc1)S(C)(=O)=O. The first-order valence-corrected chi connectivity index (χ1v) is 11.6. The number of carbonyl (C=O) groups is 1. The van der Waals surface area contributed by atoms with Crippen LogP contribution in [-0.4, -0.2) is 41.3 Å². The van der Waals surface area contributed by atoms with E-state index in [1.807, 2.05) is 31.2 Å². The standard InChI is InChI=1S/C20H25BrN2O5S/c1-6-23(29(5,25)26)17-12-19(28-4)18(27-3)11-16(17)20(24)22-13(2)14-7-9-15(21)10-8-14/h7-13H,6H2,1-5H3,(H,22,24)/t13-/m1/s1. The topological polar surface area (TPSA) is 84.9 Å². The van der Waals surface area contributed by atoms with E-state index in [9.17, 15) is 13.2 Å². The van der Waals surface area contributed by atoms with E-state index in [0.29, 0.717) is 11.5 Å². The second-order valence-corrected chi connectivity index (χ2v) is 9.22. The van der Waals surface area contributed by atoms with Gasteiger partial charge in [-0.1, -0.05) is 28.1 Å². The van der Waals surface area contributed by atoms with Crippen LogP contribution >= 0.6 is 15.9 Å². The van der Waals surface area contributed by atoms with Crippen molar-refractivity contribution in [2.24, 2.45) is 0 Å². The Labute approximate surface area is 180 Å². The molecule has 0 aliphatic carbocycles. The van der Waals surface area contributed by atoms with E-state index in [0.717, 1.165) is 20.6 Å². The highest BCUT2D eigenvalue weighted by atomic mass is 79.9. The number of nitrogens with one attached hydrogen (secondary N) is 1. The number of hydrogen-bond acceptors (Lipinski definition) is 5. The highest BCUT2D eigenvalue weighted by Gasteiger charge is 2.26. The second kappa shape index (κ2) is 9.49. The molecular weight excluding hydrogens is 460 g/mol. The van der Waals surface area contributed by atoms with Crippen LogP contribution in [0.4, 0.5) is 5.69 Å². The molecule has 0 bridgehead atoms. The van der Waals surface area contributed by atoms with Crippen molar-refractivity contribution in [3.05, 3.63) is 52.0 Å². The number of amides is 1. The van der Waals surface area contributed by atoms with Gasteiger partial charge in [0.15, 0.2) is 11.5 Å². The zero-order valence-electron chi connectivity index (χ0n) is 17.0. The Morgan fingerprint density at radius 3 is 2.17 bits per heavy atom. The summed E-state index contributed by atoms with van der Waals surface area (Å²) >= 11 is 3.39. The molecule has 0 aliphatic heterocycles. The van der Waals surface area contributed by atoms with Crippen LogP contribution < -0.4 is 19.1 Å². The number of rotatable bonds is 8. The molecule has 29 heavy (non-hydrogen) atoms. The fraction of sp³-hybridized carbons (Fsp3) is 0.350. The van der Waals surface area contributed by atoms with Gasteiger partial charge in [-0.15, -0.1) is 0 Å². The number of nitrogens with zero attached hydrogens (tertiary/aromatic N) is 1. The lowest BCUT2D eigenvalue weighted by molar-refractivity contribution is 0.0940. The van der Waals surface area contributed by atoms with Gasteiger partial charge in [0.1, 0.15) is 0 Å². The zero-order valence-corrected chi connectivity index (χ0v) is 19.4. The molecule has 0 aliphatic rings. The number of benzene rings is 2. The molecule has 0 heterocycles. The van der Waals surface area contributed by atoms with Gasteiger partial charge >= 0.3 is 0 Å². The van der Waals surface area contributed by atoms with E-state index in [4.69, 9.17) is 9.47 Å². The Morgan fingerprint density at radius 1 is 1.14 bits per heavy atom. The molecule has 1 N–H and O–H groups in total. The number of anilines is 1. The van der Waals surface area contributed by atoms with Crippen molar-refractivity contribution in [3.63, 3.8) is 0 Å². The van der Waals surface area contributed by atoms with Crippen LogP contribution in [0.15, 0.2) is 40.9 Å². The average molecular weight is 485 g/mol. The third kappa shape index (κ3) is 5.42. The van der Waals surface area contributed by atoms with Crippen molar-refractivity contribution in [2.75, 3.05) is 31.3 Å². The molecule has 1 atom stereocenters. The third-order valence-electron chi connectivity index (χ3n) is 4.42. The number of hydrogen-bond donors (Lipinski definition) is 1. The zero-order chi connectivity index (χ0) is 21.8. The summed E-state index contributed by atoms with van der Waals surface area (Å²) in [6.45, 7) is 3.72. The number of sulfonamides is 1. The van der Waals surface area contributed by atoms with Gasteiger partial charge in [-0.3, -0.25) is 9.10 Å². The monoisotopic (exact) mass is 484 g/mol. The normalized spacial score (nSPS) is 12.2. The predicted octanol–water partition coefficient (Wildman–Crippen LogP) is 3.74. The third-order valence-corrected chi connectivity index (χ3v) is 6.20. The maximum absolute atomic E-state index is 13.1. The Hall–Kier alpha value is -2.26. The highest BCUT2D eigenvalue weighted by molar-refractivity contribution is 9.10. The molecule has 158 valence electrons. The van der Waals surface area contributed by atoms with Crippen LogP contribution in [0.3, 0.4) is 0 Å². The fourth-order valence-corrected chi connectivity index (χ4v) is 4.19. The number of halogens is 1. The van der Waals surface area contributed by atoms with Crippen molar-refractivity contribution in [1.82, 2.24) is 5.32 Å². The summed E-state index contributed by atoms with van der Waals surface area (Å²) in [5.41, 5.74) is 1.33. The molecule has 7 nitrogen and oxygen atoms in total. The van der Waals surface area contributed by atoms with E-state index >= 15 is 0 Å². The Bertz CT molecular complexity index is 977. The Balaban J connectivity index is 2.50. The lowest BCUT2D eigenvalue weighted by Gasteiger charge is -2.25. The molecule has 2 rings (SSSR count). The molecule has 0 aromatic heterocycles. The van der Waals surface area contributed by atoms with Crippen molar-refractivity contribution in [3.8, 4) is 11.5 Å². The molecular formula is C20H25BrN2O5S. The van der Waals surface area contributed by atoms with Gasteiger partial charge in [0.25, 0.3) is 5.91 Å². The number of methoxy groups -OCH3 is 2. The van der Waals surface area contributed by atoms with E-state index in [-0.39, 0.29) is 23.8 Å². The average Bonchev–Trinajstić information content (AvgIpc) is 2.67. The van der Waals surface area contributed by atoms with Crippen molar-refractivity contribution in [1.29, 1.82) is 0 Å².